The number of amides is 1. The molecule has 0 aliphatic carbocycles. The minimum atomic E-state index is -1.03. The minimum absolute atomic E-state index is 0.121. The zero-order chi connectivity index (χ0) is 24.0. The quantitative estimate of drug-likeness (QED) is 0.315. The zero-order valence-corrected chi connectivity index (χ0v) is 18.4. The van der Waals surface area contributed by atoms with Gasteiger partial charge in [-0.1, -0.05) is 12.1 Å². The third-order valence-electron chi connectivity index (χ3n) is 4.80. The normalized spacial score (nSPS) is 14.2. The number of carbonyl (C=O) groups is 2. The molecule has 2 aromatic carbocycles. The fraction of sp³-hybridized carbons (Fsp3) is 0.364. The Bertz CT molecular complexity index is 1040. The Morgan fingerprint density at radius 1 is 1.21 bits per heavy atom. The molecule has 1 unspecified atom stereocenters. The van der Waals surface area contributed by atoms with Crippen molar-refractivity contribution >= 4 is 17.6 Å². The molecule has 0 saturated carbocycles. The highest BCUT2D eigenvalue weighted by molar-refractivity contribution is 5.96. The Morgan fingerprint density at radius 3 is 2.61 bits per heavy atom. The smallest absolute Gasteiger partial charge is 0.345 e. The largest absolute Gasteiger partial charge is 0.493 e. The third kappa shape index (κ3) is 5.62. The number of likely N-dealkylation sites (N-methyl/N-ethyl adjacent to an activating group) is 1. The number of nitrogens with zero attached hydrogens (tertiary/aromatic N) is 2. The number of nitro groups is 1. The van der Waals surface area contributed by atoms with Crippen LogP contribution in [0.25, 0.3) is 0 Å². The van der Waals surface area contributed by atoms with Crippen molar-refractivity contribution < 1.29 is 38.2 Å². The highest BCUT2D eigenvalue weighted by atomic mass is 16.6. The van der Waals surface area contributed by atoms with E-state index in [0.29, 0.717) is 11.5 Å². The van der Waals surface area contributed by atoms with Gasteiger partial charge in [0.1, 0.15) is 12.2 Å². The van der Waals surface area contributed by atoms with Crippen LogP contribution in [0.3, 0.4) is 0 Å². The van der Waals surface area contributed by atoms with Gasteiger partial charge in [-0.15, -0.1) is 0 Å². The molecule has 11 heteroatoms. The predicted molar refractivity (Wildman–Crippen MR) is 115 cm³/mol. The minimum Gasteiger partial charge on any atom is -0.493 e. The SMILES string of the molecule is CCOc1cc([N+](=O)[O-])c(C(=O)OCC(=O)N(C)CC2COc3ccccc3O2)cc1OC. The van der Waals surface area contributed by atoms with Crippen molar-refractivity contribution in [3.05, 3.63) is 52.1 Å². The first-order valence-corrected chi connectivity index (χ1v) is 10.1. The summed E-state index contributed by atoms with van der Waals surface area (Å²) in [6.45, 7) is 1.80. The number of nitro benzene ring substituents is 1. The molecule has 0 fully saturated rings. The molecule has 0 N–H and O–H groups in total. The third-order valence-corrected chi connectivity index (χ3v) is 4.80. The van der Waals surface area contributed by atoms with Gasteiger partial charge in [0.15, 0.2) is 35.7 Å². The number of ether oxygens (including phenoxy) is 5. The molecule has 1 heterocycles. The van der Waals surface area contributed by atoms with E-state index in [9.17, 15) is 19.7 Å². The Morgan fingerprint density at radius 2 is 1.94 bits per heavy atom. The standard InChI is InChI=1S/C22H24N2O9/c1-4-30-20-10-16(24(27)28)15(9-19(20)29-3)22(26)32-13-21(25)23(2)11-14-12-31-17-7-5-6-8-18(17)33-14/h5-10,14H,4,11-13H2,1-3H3. The zero-order valence-electron chi connectivity index (χ0n) is 18.4. The molecular weight excluding hydrogens is 436 g/mol. The van der Waals surface area contributed by atoms with Gasteiger partial charge in [-0.2, -0.15) is 0 Å². The molecule has 0 saturated heterocycles. The number of benzene rings is 2. The maximum absolute atomic E-state index is 12.5. The molecule has 1 aliphatic heterocycles. The van der Waals surface area contributed by atoms with Crippen LogP contribution in [-0.2, 0) is 9.53 Å². The second-order valence-corrected chi connectivity index (χ2v) is 7.06. The number of para-hydroxylation sites is 2. The molecular formula is C22H24N2O9. The summed E-state index contributed by atoms with van der Waals surface area (Å²) < 4.78 is 26.9. The predicted octanol–water partition coefficient (Wildman–Crippen LogP) is 2.46. The van der Waals surface area contributed by atoms with Crippen molar-refractivity contribution in [1.29, 1.82) is 0 Å². The van der Waals surface area contributed by atoms with Crippen LogP contribution in [0, 0.1) is 10.1 Å². The summed E-state index contributed by atoms with van der Waals surface area (Å²) in [5.74, 6) is -0.0768. The molecule has 0 radical (unpaired) electrons. The van der Waals surface area contributed by atoms with E-state index in [-0.39, 0.29) is 36.8 Å². The summed E-state index contributed by atoms with van der Waals surface area (Å²) in [5.41, 5.74) is -0.868. The van der Waals surface area contributed by atoms with Crippen LogP contribution in [0.5, 0.6) is 23.0 Å². The van der Waals surface area contributed by atoms with Gasteiger partial charge < -0.3 is 28.6 Å². The summed E-state index contributed by atoms with van der Waals surface area (Å²) >= 11 is 0. The number of hydrogen-bond acceptors (Lipinski definition) is 9. The molecule has 11 nitrogen and oxygen atoms in total. The summed E-state index contributed by atoms with van der Waals surface area (Å²) in [6, 6.07) is 9.44. The van der Waals surface area contributed by atoms with E-state index < -0.39 is 35.2 Å². The maximum atomic E-state index is 12.5. The lowest BCUT2D eigenvalue weighted by Crippen LogP contribution is -2.43. The summed E-state index contributed by atoms with van der Waals surface area (Å²) in [6.07, 6.45) is -0.402. The molecule has 2 aromatic rings. The average Bonchev–Trinajstić information content (AvgIpc) is 2.82. The van der Waals surface area contributed by atoms with Gasteiger partial charge in [0.05, 0.1) is 31.3 Å². The topological polar surface area (TPSA) is 127 Å². The van der Waals surface area contributed by atoms with Gasteiger partial charge >= 0.3 is 5.97 Å². The van der Waals surface area contributed by atoms with Gasteiger partial charge in [-0.05, 0) is 19.1 Å². The van der Waals surface area contributed by atoms with Crippen LogP contribution in [0.1, 0.15) is 17.3 Å². The monoisotopic (exact) mass is 460 g/mol. The highest BCUT2D eigenvalue weighted by Gasteiger charge is 2.28. The second-order valence-electron chi connectivity index (χ2n) is 7.06. The Hall–Kier alpha value is -4.02. The summed E-state index contributed by atoms with van der Waals surface area (Å²) in [4.78, 5) is 37.0. The van der Waals surface area contributed by atoms with Crippen LogP contribution in [-0.4, -0.2) is 68.3 Å². The van der Waals surface area contributed by atoms with Gasteiger partial charge in [-0.3, -0.25) is 14.9 Å². The van der Waals surface area contributed by atoms with E-state index in [1.807, 2.05) is 12.1 Å². The van der Waals surface area contributed by atoms with Crippen molar-refractivity contribution in [2.45, 2.75) is 13.0 Å². The molecule has 1 amide bonds. The first-order chi connectivity index (χ1) is 15.8. The van der Waals surface area contributed by atoms with Crippen LogP contribution >= 0.6 is 0 Å². The lowest BCUT2D eigenvalue weighted by Gasteiger charge is -2.29. The molecule has 0 bridgehead atoms. The fourth-order valence-corrected chi connectivity index (χ4v) is 3.17. The van der Waals surface area contributed by atoms with Crippen LogP contribution in [0.15, 0.2) is 36.4 Å². The number of rotatable bonds is 9. The molecule has 3 rings (SSSR count). The van der Waals surface area contributed by atoms with Crippen molar-refractivity contribution in [3.8, 4) is 23.0 Å². The van der Waals surface area contributed by atoms with Crippen molar-refractivity contribution in [1.82, 2.24) is 4.90 Å². The Labute approximate surface area is 189 Å². The number of fused-ring (bicyclic) bond motifs is 1. The molecule has 176 valence electrons. The number of esters is 1. The van der Waals surface area contributed by atoms with Gasteiger partial charge in [0, 0.05) is 13.1 Å². The van der Waals surface area contributed by atoms with Gasteiger partial charge in [-0.25, -0.2) is 4.79 Å². The highest BCUT2D eigenvalue weighted by Crippen LogP contribution is 2.35. The molecule has 1 aliphatic rings. The molecule has 33 heavy (non-hydrogen) atoms. The summed E-state index contributed by atoms with van der Waals surface area (Å²) in [7, 11) is 2.87. The van der Waals surface area contributed by atoms with E-state index in [0.717, 1.165) is 12.1 Å². The average molecular weight is 460 g/mol. The molecule has 0 spiro atoms. The van der Waals surface area contributed by atoms with E-state index in [4.69, 9.17) is 23.7 Å². The Kier molecular flexibility index (Phi) is 7.54. The maximum Gasteiger partial charge on any atom is 0.345 e. The van der Waals surface area contributed by atoms with E-state index in [1.165, 1.54) is 19.1 Å². The van der Waals surface area contributed by atoms with Crippen molar-refractivity contribution in [2.24, 2.45) is 0 Å². The van der Waals surface area contributed by atoms with E-state index in [2.05, 4.69) is 0 Å². The van der Waals surface area contributed by atoms with Crippen molar-refractivity contribution in [3.63, 3.8) is 0 Å². The number of hydrogen-bond donors (Lipinski definition) is 0. The number of methoxy groups -OCH3 is 1. The molecule has 0 aromatic heterocycles. The van der Waals surface area contributed by atoms with Crippen LogP contribution < -0.4 is 18.9 Å². The lowest BCUT2D eigenvalue weighted by atomic mass is 10.1. The summed E-state index contributed by atoms with van der Waals surface area (Å²) in [5, 5.41) is 11.4. The number of carbonyl (C=O) groups excluding carboxylic acids is 2. The van der Waals surface area contributed by atoms with Crippen molar-refractivity contribution in [2.75, 3.05) is 40.5 Å². The second kappa shape index (κ2) is 10.5. The van der Waals surface area contributed by atoms with E-state index in [1.54, 1.807) is 19.1 Å². The van der Waals surface area contributed by atoms with Gasteiger partial charge in [0.25, 0.3) is 11.6 Å². The fourth-order valence-electron chi connectivity index (χ4n) is 3.17. The van der Waals surface area contributed by atoms with Crippen LogP contribution in [0.2, 0.25) is 0 Å². The first-order valence-electron chi connectivity index (χ1n) is 10.1. The Balaban J connectivity index is 1.62. The van der Waals surface area contributed by atoms with E-state index >= 15 is 0 Å². The molecule has 1 atom stereocenters. The first kappa shape index (κ1) is 23.6. The van der Waals surface area contributed by atoms with Gasteiger partial charge in [0.2, 0.25) is 0 Å². The lowest BCUT2D eigenvalue weighted by molar-refractivity contribution is -0.385. The van der Waals surface area contributed by atoms with Crippen LogP contribution in [0.4, 0.5) is 5.69 Å².